The van der Waals surface area contributed by atoms with Gasteiger partial charge in [0.15, 0.2) is 0 Å². The number of hydrogen-bond donors (Lipinski definition) is 1. The van der Waals surface area contributed by atoms with Crippen LogP contribution in [0.1, 0.15) is 42.5 Å². The van der Waals surface area contributed by atoms with Crippen molar-refractivity contribution < 1.29 is 14.3 Å². The average Bonchev–Trinajstić information content (AvgIpc) is 3.12. The molecule has 1 saturated heterocycles. The molecule has 2 aliphatic rings. The zero-order valence-corrected chi connectivity index (χ0v) is 17.4. The van der Waals surface area contributed by atoms with Crippen LogP contribution in [0.2, 0.25) is 0 Å². The van der Waals surface area contributed by atoms with Crippen LogP contribution in [0.5, 0.6) is 0 Å². The summed E-state index contributed by atoms with van der Waals surface area (Å²) in [6.45, 7) is 1.46. The van der Waals surface area contributed by atoms with Gasteiger partial charge < -0.3 is 15.0 Å². The predicted octanol–water partition coefficient (Wildman–Crippen LogP) is 2.07. The number of methoxy groups -OCH3 is 1. The van der Waals surface area contributed by atoms with Crippen molar-refractivity contribution in [2.75, 3.05) is 20.2 Å². The lowest BCUT2D eigenvalue weighted by Gasteiger charge is -2.31. The van der Waals surface area contributed by atoms with E-state index in [-0.39, 0.29) is 30.0 Å². The number of amides is 2. The van der Waals surface area contributed by atoms with Crippen molar-refractivity contribution in [3.05, 3.63) is 27.1 Å². The Morgan fingerprint density at radius 2 is 2.03 bits per heavy atom. The van der Waals surface area contributed by atoms with Gasteiger partial charge in [0, 0.05) is 37.0 Å². The number of thiophene rings is 1. The molecule has 3 heterocycles. The molecule has 0 unspecified atom stereocenters. The van der Waals surface area contributed by atoms with Crippen LogP contribution in [0, 0.1) is 0 Å². The monoisotopic (exact) mass is 418 g/mol. The SMILES string of the molecule is COC(=O)N1CCC(NC(=O)CCn2cnc3sc4c(c3c2=O)CCCC4)CC1. The number of carbonyl (C=O) groups excluding carboxylic acids is 2. The Hall–Kier alpha value is -2.42. The number of nitrogens with zero attached hydrogens (tertiary/aromatic N) is 3. The molecule has 0 atom stereocenters. The molecule has 0 aromatic carbocycles. The van der Waals surface area contributed by atoms with Crippen LogP contribution in [-0.4, -0.2) is 52.7 Å². The molecule has 29 heavy (non-hydrogen) atoms. The Morgan fingerprint density at radius 3 is 2.79 bits per heavy atom. The first kappa shape index (κ1) is 19.9. The fraction of sp³-hybridized carbons (Fsp3) is 0.600. The van der Waals surface area contributed by atoms with Gasteiger partial charge in [0.2, 0.25) is 5.91 Å². The van der Waals surface area contributed by atoms with Crippen LogP contribution < -0.4 is 10.9 Å². The minimum absolute atomic E-state index is 0.0337. The summed E-state index contributed by atoms with van der Waals surface area (Å²) in [6.07, 6.45) is 7.15. The maximum absolute atomic E-state index is 12.9. The number of nitrogens with one attached hydrogen (secondary N) is 1. The second kappa shape index (κ2) is 8.52. The number of hydrogen-bond acceptors (Lipinski definition) is 6. The van der Waals surface area contributed by atoms with Crippen LogP contribution >= 0.6 is 11.3 Å². The first-order valence-corrected chi connectivity index (χ1v) is 11.0. The first-order chi connectivity index (χ1) is 14.1. The highest BCUT2D eigenvalue weighted by Gasteiger charge is 2.24. The summed E-state index contributed by atoms with van der Waals surface area (Å²) >= 11 is 1.63. The molecule has 1 N–H and O–H groups in total. The summed E-state index contributed by atoms with van der Waals surface area (Å²) in [7, 11) is 1.37. The van der Waals surface area contributed by atoms with Crippen molar-refractivity contribution in [1.82, 2.24) is 19.8 Å². The number of piperidine rings is 1. The highest BCUT2D eigenvalue weighted by Crippen LogP contribution is 2.33. The van der Waals surface area contributed by atoms with E-state index in [9.17, 15) is 14.4 Å². The molecule has 1 aliphatic carbocycles. The van der Waals surface area contributed by atoms with E-state index in [1.807, 2.05) is 0 Å². The Bertz CT molecular complexity index is 975. The van der Waals surface area contributed by atoms with Gasteiger partial charge in [-0.25, -0.2) is 9.78 Å². The van der Waals surface area contributed by atoms with E-state index in [0.29, 0.717) is 32.5 Å². The molecule has 2 aromatic heterocycles. The summed E-state index contributed by atoms with van der Waals surface area (Å²) in [6, 6.07) is 0.0460. The number of aryl methyl sites for hydroxylation is 3. The molecule has 0 radical (unpaired) electrons. The van der Waals surface area contributed by atoms with Crippen LogP contribution in [0.3, 0.4) is 0 Å². The second-order valence-electron chi connectivity index (χ2n) is 7.68. The molecule has 0 saturated carbocycles. The summed E-state index contributed by atoms with van der Waals surface area (Å²) in [5.41, 5.74) is 1.14. The summed E-state index contributed by atoms with van der Waals surface area (Å²) in [5.74, 6) is -0.0825. The van der Waals surface area contributed by atoms with Crippen molar-refractivity contribution in [1.29, 1.82) is 0 Å². The zero-order valence-electron chi connectivity index (χ0n) is 16.6. The van der Waals surface area contributed by atoms with Gasteiger partial charge in [-0.15, -0.1) is 11.3 Å². The van der Waals surface area contributed by atoms with Crippen molar-refractivity contribution in [2.45, 2.75) is 57.5 Å². The number of fused-ring (bicyclic) bond motifs is 3. The molecular formula is C20H26N4O4S. The van der Waals surface area contributed by atoms with Gasteiger partial charge in [0.05, 0.1) is 18.8 Å². The van der Waals surface area contributed by atoms with E-state index in [1.165, 1.54) is 24.0 Å². The molecule has 1 fully saturated rings. The number of aromatic nitrogens is 2. The third-order valence-corrected chi connectivity index (χ3v) is 7.01. The van der Waals surface area contributed by atoms with E-state index in [4.69, 9.17) is 4.74 Å². The maximum atomic E-state index is 12.9. The van der Waals surface area contributed by atoms with Crippen LogP contribution in [0.15, 0.2) is 11.1 Å². The van der Waals surface area contributed by atoms with Gasteiger partial charge >= 0.3 is 6.09 Å². The van der Waals surface area contributed by atoms with Crippen molar-refractivity contribution in [3.63, 3.8) is 0 Å². The van der Waals surface area contributed by atoms with E-state index >= 15 is 0 Å². The Kier molecular flexibility index (Phi) is 5.84. The normalized spacial score (nSPS) is 17.2. The topological polar surface area (TPSA) is 93.5 Å². The fourth-order valence-electron chi connectivity index (χ4n) is 4.20. The van der Waals surface area contributed by atoms with E-state index < -0.39 is 0 Å². The lowest BCUT2D eigenvalue weighted by Crippen LogP contribution is -2.46. The molecule has 0 bridgehead atoms. The molecule has 2 aromatic rings. The molecule has 1 aliphatic heterocycles. The van der Waals surface area contributed by atoms with Gasteiger partial charge in [-0.1, -0.05) is 0 Å². The molecule has 0 spiro atoms. The summed E-state index contributed by atoms with van der Waals surface area (Å²) in [4.78, 5) is 45.1. The van der Waals surface area contributed by atoms with Crippen molar-refractivity contribution in [3.8, 4) is 0 Å². The van der Waals surface area contributed by atoms with Crippen LogP contribution in [0.4, 0.5) is 4.79 Å². The fourth-order valence-corrected chi connectivity index (χ4v) is 5.42. The first-order valence-electron chi connectivity index (χ1n) is 10.2. The van der Waals surface area contributed by atoms with Crippen LogP contribution in [-0.2, 0) is 28.9 Å². The minimum Gasteiger partial charge on any atom is -0.453 e. The van der Waals surface area contributed by atoms with Gasteiger partial charge in [-0.2, -0.15) is 0 Å². The van der Waals surface area contributed by atoms with E-state index in [1.54, 1.807) is 27.1 Å². The van der Waals surface area contributed by atoms with E-state index in [2.05, 4.69) is 10.3 Å². The van der Waals surface area contributed by atoms with Crippen molar-refractivity contribution in [2.24, 2.45) is 0 Å². The third-order valence-electron chi connectivity index (χ3n) is 5.81. The standard InChI is InChI=1S/C20H26N4O4S/c1-28-20(27)23-9-6-13(7-10-23)22-16(25)8-11-24-12-21-18-17(19(24)26)14-4-2-3-5-15(14)29-18/h12-13H,2-11H2,1H3,(H,22,25). The highest BCUT2D eigenvalue weighted by atomic mass is 32.1. The zero-order chi connectivity index (χ0) is 20.4. The summed E-state index contributed by atoms with van der Waals surface area (Å²) in [5, 5.41) is 3.77. The second-order valence-corrected chi connectivity index (χ2v) is 8.77. The summed E-state index contributed by atoms with van der Waals surface area (Å²) < 4.78 is 6.29. The molecule has 4 rings (SSSR count). The molecule has 8 nitrogen and oxygen atoms in total. The predicted molar refractivity (Wildman–Crippen MR) is 110 cm³/mol. The quantitative estimate of drug-likeness (QED) is 0.820. The number of rotatable bonds is 4. The number of carbonyl (C=O) groups is 2. The number of ether oxygens (including phenoxy) is 1. The number of likely N-dealkylation sites (tertiary alicyclic amines) is 1. The van der Waals surface area contributed by atoms with Crippen LogP contribution in [0.25, 0.3) is 10.2 Å². The minimum atomic E-state index is -0.326. The van der Waals surface area contributed by atoms with Gasteiger partial charge in [0.1, 0.15) is 4.83 Å². The molecule has 9 heteroatoms. The Labute approximate surface area is 172 Å². The molecular weight excluding hydrogens is 392 g/mol. The third kappa shape index (κ3) is 4.14. The smallest absolute Gasteiger partial charge is 0.409 e. The largest absolute Gasteiger partial charge is 0.453 e. The maximum Gasteiger partial charge on any atom is 0.409 e. The lowest BCUT2D eigenvalue weighted by atomic mass is 9.97. The average molecular weight is 419 g/mol. The van der Waals surface area contributed by atoms with Gasteiger partial charge in [0.25, 0.3) is 5.56 Å². The molecule has 2 amide bonds. The molecule has 156 valence electrons. The van der Waals surface area contributed by atoms with Crippen molar-refractivity contribution >= 4 is 33.6 Å². The van der Waals surface area contributed by atoms with E-state index in [0.717, 1.165) is 29.5 Å². The van der Waals surface area contributed by atoms with Gasteiger partial charge in [-0.3, -0.25) is 14.2 Å². The Balaban J connectivity index is 1.35. The Morgan fingerprint density at radius 1 is 1.28 bits per heavy atom. The lowest BCUT2D eigenvalue weighted by molar-refractivity contribution is -0.122. The van der Waals surface area contributed by atoms with Gasteiger partial charge in [-0.05, 0) is 44.1 Å². The highest BCUT2D eigenvalue weighted by molar-refractivity contribution is 7.18.